The lowest BCUT2D eigenvalue weighted by molar-refractivity contribution is 0.0385. The molecule has 0 bridgehead atoms. The average Bonchev–Trinajstić information content (AvgIpc) is 3.49. The summed E-state index contributed by atoms with van der Waals surface area (Å²) in [6.07, 6.45) is 4.34. The quantitative estimate of drug-likeness (QED) is 0.342. The maximum atomic E-state index is 14.1. The molecule has 5 rings (SSSR count). The molecular formula is C27H28ClFN6O3. The first-order valence-electron chi connectivity index (χ1n) is 12.1. The number of rotatable bonds is 8. The van der Waals surface area contributed by atoms with Gasteiger partial charge in [-0.05, 0) is 42.3 Å². The van der Waals surface area contributed by atoms with Crippen LogP contribution in [-0.4, -0.2) is 55.0 Å². The van der Waals surface area contributed by atoms with Gasteiger partial charge < -0.3 is 24.6 Å². The highest BCUT2D eigenvalue weighted by Gasteiger charge is 2.34. The summed E-state index contributed by atoms with van der Waals surface area (Å²) in [7, 11) is 3.40. The van der Waals surface area contributed by atoms with Crippen LogP contribution in [0, 0.1) is 5.82 Å². The first-order chi connectivity index (χ1) is 18.2. The zero-order chi connectivity index (χ0) is 27.0. The molecule has 0 spiro atoms. The van der Waals surface area contributed by atoms with Crippen molar-refractivity contribution >= 4 is 29.1 Å². The Balaban J connectivity index is 1.48. The maximum absolute atomic E-state index is 14.1. The number of aliphatic hydroxyl groups excluding tert-OH is 1. The lowest BCUT2D eigenvalue weighted by Crippen LogP contribution is -2.49. The van der Waals surface area contributed by atoms with Crippen LogP contribution in [0.15, 0.2) is 55.0 Å². The largest absolute Gasteiger partial charge is 0.389 e. The van der Waals surface area contributed by atoms with E-state index in [1.54, 1.807) is 48.1 Å². The van der Waals surface area contributed by atoms with Crippen LogP contribution in [0.5, 0.6) is 0 Å². The van der Waals surface area contributed by atoms with Gasteiger partial charge in [0.05, 0.1) is 30.0 Å². The predicted octanol–water partition coefficient (Wildman–Crippen LogP) is 4.54. The third kappa shape index (κ3) is 5.02. The molecule has 0 fully saturated rings. The van der Waals surface area contributed by atoms with E-state index in [4.69, 9.17) is 16.3 Å². The highest BCUT2D eigenvalue weighted by molar-refractivity contribution is 6.33. The van der Waals surface area contributed by atoms with Gasteiger partial charge in [0, 0.05) is 56.8 Å². The molecule has 1 aromatic carbocycles. The third-order valence-electron chi connectivity index (χ3n) is 6.72. The number of hydrogen-bond acceptors (Lipinski definition) is 6. The minimum atomic E-state index is -0.801. The van der Waals surface area contributed by atoms with Gasteiger partial charge in [0.1, 0.15) is 23.1 Å². The molecule has 11 heteroatoms. The van der Waals surface area contributed by atoms with E-state index in [0.717, 1.165) is 16.9 Å². The van der Waals surface area contributed by atoms with Crippen LogP contribution < -0.4 is 5.32 Å². The van der Waals surface area contributed by atoms with Crippen LogP contribution in [0.25, 0.3) is 11.1 Å². The van der Waals surface area contributed by atoms with Gasteiger partial charge in [-0.25, -0.2) is 9.37 Å². The molecule has 1 aliphatic rings. The molecular weight excluding hydrogens is 511 g/mol. The van der Waals surface area contributed by atoms with E-state index >= 15 is 0 Å². The Morgan fingerprint density at radius 2 is 2.11 bits per heavy atom. The predicted molar refractivity (Wildman–Crippen MR) is 142 cm³/mol. The Hall–Kier alpha value is -3.73. The molecule has 1 aliphatic heterocycles. The number of aromatic nitrogens is 4. The molecule has 1 unspecified atom stereocenters. The van der Waals surface area contributed by atoms with Gasteiger partial charge in [-0.2, -0.15) is 5.10 Å². The highest BCUT2D eigenvalue weighted by atomic mass is 35.5. The van der Waals surface area contributed by atoms with Gasteiger partial charge >= 0.3 is 0 Å². The first kappa shape index (κ1) is 25.9. The average molecular weight is 539 g/mol. The molecule has 4 aromatic rings. The number of halogens is 2. The molecule has 2 N–H and O–H groups in total. The van der Waals surface area contributed by atoms with Gasteiger partial charge in [-0.15, -0.1) is 0 Å². The van der Waals surface area contributed by atoms with Crippen LogP contribution >= 0.6 is 11.6 Å². The summed E-state index contributed by atoms with van der Waals surface area (Å²) in [5.74, 6) is 0.706. The second-order valence-corrected chi connectivity index (χ2v) is 9.75. The lowest BCUT2D eigenvalue weighted by atomic mass is 10.0. The molecule has 0 saturated heterocycles. The molecule has 0 saturated carbocycles. The Morgan fingerprint density at radius 1 is 1.29 bits per heavy atom. The van der Waals surface area contributed by atoms with E-state index in [1.165, 1.54) is 12.1 Å². The Bertz CT molecular complexity index is 1480. The van der Waals surface area contributed by atoms with Crippen LogP contribution in [-0.2, 0) is 24.9 Å². The molecule has 198 valence electrons. The number of nitrogens with zero attached hydrogens (tertiary/aromatic N) is 5. The molecule has 4 heterocycles. The van der Waals surface area contributed by atoms with Crippen molar-refractivity contribution in [2.24, 2.45) is 7.05 Å². The van der Waals surface area contributed by atoms with Crippen molar-refractivity contribution in [3.05, 3.63) is 82.6 Å². The van der Waals surface area contributed by atoms with Crippen molar-refractivity contribution in [2.45, 2.75) is 32.2 Å². The van der Waals surface area contributed by atoms with E-state index in [9.17, 15) is 14.3 Å². The van der Waals surface area contributed by atoms with Crippen molar-refractivity contribution in [3.8, 4) is 11.1 Å². The van der Waals surface area contributed by atoms with E-state index in [1.807, 2.05) is 29.9 Å². The van der Waals surface area contributed by atoms with Gasteiger partial charge in [-0.3, -0.25) is 9.48 Å². The summed E-state index contributed by atoms with van der Waals surface area (Å²) in [5.41, 5.74) is 3.10. The minimum absolute atomic E-state index is 0.139. The summed E-state index contributed by atoms with van der Waals surface area (Å²) in [6.45, 7) is 2.54. The number of aliphatic hydroxyl groups is 1. The summed E-state index contributed by atoms with van der Waals surface area (Å²) in [6, 6.07) is 9.40. The maximum Gasteiger partial charge on any atom is 0.271 e. The van der Waals surface area contributed by atoms with Crippen LogP contribution in [0.1, 0.15) is 34.6 Å². The number of carbonyl (C=O) groups excluding carboxylic acids is 1. The van der Waals surface area contributed by atoms with Crippen molar-refractivity contribution in [3.63, 3.8) is 0 Å². The molecule has 38 heavy (non-hydrogen) atoms. The lowest BCUT2D eigenvalue weighted by Gasteiger charge is -2.36. The number of methoxy groups -OCH3 is 1. The number of fused-ring (bicyclic) bond motifs is 1. The number of hydrogen-bond donors (Lipinski definition) is 2. The second-order valence-electron chi connectivity index (χ2n) is 9.34. The van der Waals surface area contributed by atoms with Crippen molar-refractivity contribution in [1.29, 1.82) is 0 Å². The summed E-state index contributed by atoms with van der Waals surface area (Å²) >= 11 is 6.53. The summed E-state index contributed by atoms with van der Waals surface area (Å²) < 4.78 is 23.1. The molecule has 0 radical (unpaired) electrons. The summed E-state index contributed by atoms with van der Waals surface area (Å²) in [4.78, 5) is 19.8. The fraction of sp³-hybridized carbons (Fsp3) is 0.296. The zero-order valence-corrected chi connectivity index (χ0v) is 22.0. The number of nitrogens with one attached hydrogen (secondary N) is 1. The topological polar surface area (TPSA) is 97.4 Å². The number of ether oxygens (including phenoxy) is 1. The number of carbonyl (C=O) groups is 1. The Labute approximate surface area is 224 Å². The first-order valence-corrected chi connectivity index (χ1v) is 12.5. The van der Waals surface area contributed by atoms with Gasteiger partial charge in [-0.1, -0.05) is 17.7 Å². The number of anilines is 2. The van der Waals surface area contributed by atoms with Crippen LogP contribution in [0.3, 0.4) is 0 Å². The molecule has 1 amide bonds. The highest BCUT2D eigenvalue weighted by Crippen LogP contribution is 2.34. The van der Waals surface area contributed by atoms with E-state index in [-0.39, 0.29) is 18.5 Å². The Kier molecular flexibility index (Phi) is 7.20. The normalized spacial score (nSPS) is 16.0. The van der Waals surface area contributed by atoms with E-state index < -0.39 is 11.9 Å². The molecule has 9 nitrogen and oxygen atoms in total. The van der Waals surface area contributed by atoms with E-state index in [2.05, 4.69) is 15.4 Å². The number of pyridine rings is 1. The number of benzene rings is 1. The SMILES string of the molecule is COC[C@H]1Cn2cc(-c3cc(Nc4ccnn4C)ncc3Cl)cc2C(=O)N1Cc1cc(F)ccc1C(C)O. The van der Waals surface area contributed by atoms with Crippen LogP contribution in [0.4, 0.5) is 16.0 Å². The summed E-state index contributed by atoms with van der Waals surface area (Å²) in [5, 5.41) is 18.0. The van der Waals surface area contributed by atoms with Crippen LogP contribution in [0.2, 0.25) is 5.02 Å². The smallest absolute Gasteiger partial charge is 0.271 e. The van der Waals surface area contributed by atoms with Gasteiger partial charge in [0.25, 0.3) is 5.91 Å². The number of amides is 1. The third-order valence-corrected chi connectivity index (χ3v) is 7.02. The van der Waals surface area contributed by atoms with Crippen molar-refractivity contribution in [2.75, 3.05) is 19.0 Å². The standard InChI is InChI=1S/C27H28ClFN6O3/c1-16(36)21-5-4-19(29)8-17(21)13-35-20(15-38-3)14-34-12-18(9-24(34)27(35)37)22-10-25(30-11-23(22)28)32-26-6-7-31-33(26)2/h4-12,16,20,36H,13-15H2,1-3H3,(H,30,32)/t16?,20-/m1/s1. The van der Waals surface area contributed by atoms with Gasteiger partial charge in [0.2, 0.25) is 0 Å². The fourth-order valence-electron chi connectivity index (χ4n) is 4.82. The molecule has 0 aliphatic carbocycles. The van der Waals surface area contributed by atoms with Gasteiger partial charge in [0.15, 0.2) is 0 Å². The fourth-order valence-corrected chi connectivity index (χ4v) is 5.03. The van der Waals surface area contributed by atoms with Crippen molar-refractivity contribution in [1.82, 2.24) is 24.2 Å². The zero-order valence-electron chi connectivity index (χ0n) is 21.2. The molecule has 2 atom stereocenters. The monoisotopic (exact) mass is 538 g/mol. The minimum Gasteiger partial charge on any atom is -0.389 e. The molecule has 3 aromatic heterocycles. The van der Waals surface area contributed by atoms with E-state index in [0.29, 0.717) is 40.8 Å². The Morgan fingerprint density at radius 3 is 2.82 bits per heavy atom. The number of aryl methyl sites for hydroxylation is 1. The van der Waals surface area contributed by atoms with Crippen molar-refractivity contribution < 1.29 is 19.0 Å². The second kappa shape index (κ2) is 10.6.